The van der Waals surface area contributed by atoms with Crippen molar-refractivity contribution in [2.24, 2.45) is 4.99 Å². The highest BCUT2D eigenvalue weighted by atomic mass is 16.5. The summed E-state index contributed by atoms with van der Waals surface area (Å²) in [5, 5.41) is 11.4. The minimum absolute atomic E-state index is 0.673. The molecule has 0 bridgehead atoms. The Morgan fingerprint density at radius 3 is 2.50 bits per heavy atom. The molecule has 0 spiro atoms. The van der Waals surface area contributed by atoms with Gasteiger partial charge in [0.15, 0.2) is 5.96 Å². The molecule has 3 aromatic rings. The molecule has 0 fully saturated rings. The van der Waals surface area contributed by atoms with E-state index in [-0.39, 0.29) is 0 Å². The molecule has 1 aromatic heterocycles. The molecule has 0 aliphatic carbocycles. The molecule has 3 rings (SSSR count). The number of rotatable bonds is 8. The van der Waals surface area contributed by atoms with Crippen molar-refractivity contribution in [2.45, 2.75) is 33.2 Å². The molecule has 6 heteroatoms. The number of methoxy groups -OCH3 is 1. The van der Waals surface area contributed by atoms with Gasteiger partial charge in [-0.15, -0.1) is 0 Å². The third-order valence-corrected chi connectivity index (χ3v) is 4.99. The minimum atomic E-state index is 0.673. The first-order valence-corrected chi connectivity index (χ1v) is 10.3. The zero-order valence-corrected chi connectivity index (χ0v) is 18.3. The lowest BCUT2D eigenvalue weighted by atomic mass is 10.1. The van der Waals surface area contributed by atoms with Crippen molar-refractivity contribution in [1.82, 2.24) is 20.4 Å². The van der Waals surface area contributed by atoms with Crippen LogP contribution in [0.5, 0.6) is 5.75 Å². The molecule has 6 nitrogen and oxygen atoms in total. The van der Waals surface area contributed by atoms with E-state index < -0.39 is 0 Å². The van der Waals surface area contributed by atoms with Crippen LogP contribution in [0.1, 0.15) is 28.9 Å². The van der Waals surface area contributed by atoms with Crippen LogP contribution in [0.15, 0.2) is 59.6 Å². The fraction of sp³-hybridized carbons (Fsp3) is 0.333. The van der Waals surface area contributed by atoms with Crippen molar-refractivity contribution >= 4 is 5.96 Å². The van der Waals surface area contributed by atoms with Gasteiger partial charge in [-0.1, -0.05) is 30.3 Å². The van der Waals surface area contributed by atoms with Crippen molar-refractivity contribution in [3.63, 3.8) is 0 Å². The molecule has 30 heavy (non-hydrogen) atoms. The van der Waals surface area contributed by atoms with Gasteiger partial charge in [0.25, 0.3) is 0 Å². The van der Waals surface area contributed by atoms with E-state index in [4.69, 9.17) is 4.74 Å². The van der Waals surface area contributed by atoms with E-state index in [2.05, 4.69) is 64.0 Å². The Bertz CT molecular complexity index is 976. The summed E-state index contributed by atoms with van der Waals surface area (Å²) in [4.78, 5) is 4.35. The van der Waals surface area contributed by atoms with Crippen LogP contribution in [0.25, 0.3) is 5.69 Å². The number of para-hydroxylation sites is 1. The summed E-state index contributed by atoms with van der Waals surface area (Å²) >= 11 is 0. The molecule has 0 saturated heterocycles. The van der Waals surface area contributed by atoms with E-state index in [1.165, 1.54) is 11.1 Å². The van der Waals surface area contributed by atoms with Gasteiger partial charge in [0.05, 0.1) is 18.5 Å². The Morgan fingerprint density at radius 2 is 1.83 bits per heavy atom. The van der Waals surface area contributed by atoms with Gasteiger partial charge < -0.3 is 15.4 Å². The number of nitrogens with one attached hydrogen (secondary N) is 2. The highest BCUT2D eigenvalue weighted by Crippen LogP contribution is 2.17. The molecular weight excluding hydrogens is 374 g/mol. The largest absolute Gasteiger partial charge is 0.497 e. The molecule has 2 aromatic carbocycles. The van der Waals surface area contributed by atoms with Gasteiger partial charge in [-0.2, -0.15) is 5.10 Å². The number of hydrogen-bond acceptors (Lipinski definition) is 3. The molecule has 0 atom stereocenters. The van der Waals surface area contributed by atoms with E-state index >= 15 is 0 Å². The van der Waals surface area contributed by atoms with E-state index in [0.717, 1.165) is 48.2 Å². The summed E-state index contributed by atoms with van der Waals surface area (Å²) in [6.07, 6.45) is 2.03. The van der Waals surface area contributed by atoms with Gasteiger partial charge in [0.1, 0.15) is 5.75 Å². The Hall–Kier alpha value is -3.28. The first-order chi connectivity index (χ1) is 14.6. The van der Waals surface area contributed by atoms with E-state index in [9.17, 15) is 0 Å². The summed E-state index contributed by atoms with van der Waals surface area (Å²) in [5.41, 5.74) is 5.71. The van der Waals surface area contributed by atoms with Gasteiger partial charge in [-0.3, -0.25) is 4.99 Å². The lowest BCUT2D eigenvalue weighted by Crippen LogP contribution is -2.37. The zero-order chi connectivity index (χ0) is 21.3. The average Bonchev–Trinajstić information content (AvgIpc) is 3.11. The summed E-state index contributed by atoms with van der Waals surface area (Å²) in [6.45, 7) is 5.62. The smallest absolute Gasteiger partial charge is 0.191 e. The van der Waals surface area contributed by atoms with Crippen LogP contribution in [0, 0.1) is 13.8 Å². The maximum absolute atomic E-state index is 5.21. The van der Waals surface area contributed by atoms with Gasteiger partial charge in [-0.25, -0.2) is 4.68 Å². The number of aliphatic imine (C=N–C) groups is 1. The predicted octanol–water partition coefficient (Wildman–Crippen LogP) is 3.80. The lowest BCUT2D eigenvalue weighted by Gasteiger charge is -2.15. The number of ether oxygens (including phenoxy) is 1. The first kappa shape index (κ1) is 21.4. The van der Waals surface area contributed by atoms with Crippen LogP contribution in [0.2, 0.25) is 0 Å². The molecular formula is C24H31N5O. The van der Waals surface area contributed by atoms with Crippen LogP contribution < -0.4 is 15.4 Å². The molecule has 0 amide bonds. The second-order valence-electron chi connectivity index (χ2n) is 7.27. The quantitative estimate of drug-likeness (QED) is 0.340. The Kier molecular flexibility index (Phi) is 7.49. The van der Waals surface area contributed by atoms with Crippen LogP contribution in [-0.4, -0.2) is 36.4 Å². The van der Waals surface area contributed by atoms with Crippen LogP contribution in [0.3, 0.4) is 0 Å². The summed E-state index contributed by atoms with van der Waals surface area (Å²) in [5.74, 6) is 1.69. The van der Waals surface area contributed by atoms with Crippen molar-refractivity contribution < 1.29 is 4.74 Å². The fourth-order valence-corrected chi connectivity index (χ4v) is 3.43. The standard InChI is InChI=1S/C24H31N5O/c1-18-16-19(2)29(28-18)23-10-6-5-9-21(23)17-27-24(25-3)26-15-7-8-20-11-13-22(30-4)14-12-20/h5-6,9-14,16H,7-8,15,17H2,1-4H3,(H2,25,26,27). The monoisotopic (exact) mass is 405 g/mol. The molecule has 0 saturated carbocycles. The maximum Gasteiger partial charge on any atom is 0.191 e. The number of benzene rings is 2. The van der Waals surface area contributed by atoms with Crippen molar-refractivity contribution in [1.29, 1.82) is 0 Å². The molecule has 0 unspecified atom stereocenters. The molecule has 2 N–H and O–H groups in total. The number of guanidine groups is 1. The molecule has 158 valence electrons. The second-order valence-corrected chi connectivity index (χ2v) is 7.27. The van der Waals surface area contributed by atoms with Crippen molar-refractivity contribution in [3.8, 4) is 11.4 Å². The first-order valence-electron chi connectivity index (χ1n) is 10.3. The number of nitrogens with zero attached hydrogens (tertiary/aromatic N) is 3. The Morgan fingerprint density at radius 1 is 1.07 bits per heavy atom. The maximum atomic E-state index is 5.21. The van der Waals surface area contributed by atoms with Gasteiger partial charge >= 0.3 is 0 Å². The number of aryl methyl sites for hydroxylation is 3. The van der Waals surface area contributed by atoms with Crippen LogP contribution in [-0.2, 0) is 13.0 Å². The summed E-state index contributed by atoms with van der Waals surface area (Å²) in [7, 11) is 3.49. The fourth-order valence-electron chi connectivity index (χ4n) is 3.43. The van der Waals surface area contributed by atoms with Crippen molar-refractivity contribution in [3.05, 3.63) is 77.1 Å². The number of hydrogen-bond donors (Lipinski definition) is 2. The third-order valence-electron chi connectivity index (χ3n) is 4.99. The highest BCUT2D eigenvalue weighted by Gasteiger charge is 2.09. The normalized spacial score (nSPS) is 11.4. The Labute approximate surface area is 179 Å². The minimum Gasteiger partial charge on any atom is -0.497 e. The third kappa shape index (κ3) is 5.63. The summed E-state index contributed by atoms with van der Waals surface area (Å²) in [6, 6.07) is 18.6. The SMILES string of the molecule is CN=C(NCCCc1ccc(OC)cc1)NCc1ccccc1-n1nc(C)cc1C. The zero-order valence-electron chi connectivity index (χ0n) is 18.3. The predicted molar refractivity (Wildman–Crippen MR) is 123 cm³/mol. The lowest BCUT2D eigenvalue weighted by molar-refractivity contribution is 0.414. The van der Waals surface area contributed by atoms with Gasteiger partial charge in [0.2, 0.25) is 0 Å². The molecule has 0 radical (unpaired) electrons. The van der Waals surface area contributed by atoms with E-state index in [1.54, 1.807) is 14.2 Å². The van der Waals surface area contributed by atoms with Gasteiger partial charge in [0, 0.05) is 25.8 Å². The molecule has 1 heterocycles. The molecule has 0 aliphatic heterocycles. The highest BCUT2D eigenvalue weighted by molar-refractivity contribution is 5.79. The number of aromatic nitrogens is 2. The topological polar surface area (TPSA) is 63.5 Å². The second kappa shape index (κ2) is 10.5. The van der Waals surface area contributed by atoms with Crippen LogP contribution in [0.4, 0.5) is 0 Å². The van der Waals surface area contributed by atoms with Crippen molar-refractivity contribution in [2.75, 3.05) is 20.7 Å². The Balaban J connectivity index is 1.51. The van der Waals surface area contributed by atoms with E-state index in [0.29, 0.717) is 6.54 Å². The molecule has 0 aliphatic rings. The average molecular weight is 406 g/mol. The van der Waals surface area contributed by atoms with Gasteiger partial charge in [-0.05, 0) is 62.1 Å². The van der Waals surface area contributed by atoms with Crippen LogP contribution >= 0.6 is 0 Å². The van der Waals surface area contributed by atoms with E-state index in [1.807, 2.05) is 29.8 Å². The summed E-state index contributed by atoms with van der Waals surface area (Å²) < 4.78 is 7.20.